The smallest absolute Gasteiger partial charge is 0.291 e. The number of rotatable bonds is 5. The van der Waals surface area contributed by atoms with Gasteiger partial charge in [-0.1, -0.05) is 0 Å². The number of imidazole rings is 1. The molecule has 10 heteroatoms. The molecule has 0 fully saturated rings. The standard InChI is InChI=1S/C13H14N6O3S/c1-18-7-14-11(19(20)21)12(18)23-13-15-10(16-17-13)8-3-5-9(22-2)6-4-8/h3-7,19-20H,1-2H3,(H,15,16,17). The van der Waals surface area contributed by atoms with E-state index in [1.807, 2.05) is 24.3 Å². The minimum atomic E-state index is -1.08. The molecule has 9 nitrogen and oxygen atoms in total. The summed E-state index contributed by atoms with van der Waals surface area (Å²) in [5.74, 6) is 1.33. The molecule has 0 saturated carbocycles. The van der Waals surface area contributed by atoms with Crippen LogP contribution < -0.4 is 9.96 Å². The fourth-order valence-electron chi connectivity index (χ4n) is 1.94. The van der Waals surface area contributed by atoms with Gasteiger partial charge in [0.25, 0.3) is 5.82 Å². The minimum absolute atomic E-state index is 0.0201. The summed E-state index contributed by atoms with van der Waals surface area (Å²) in [6.07, 6.45) is 1.45. The number of hydrogen-bond donors (Lipinski definition) is 3. The highest BCUT2D eigenvalue weighted by Gasteiger charge is 2.19. The number of hydrogen-bond acceptors (Lipinski definition) is 7. The van der Waals surface area contributed by atoms with Crippen molar-refractivity contribution < 1.29 is 15.2 Å². The summed E-state index contributed by atoms with van der Waals surface area (Å²) in [4.78, 5) is 8.23. The topological polar surface area (TPSA) is 116 Å². The highest BCUT2D eigenvalue weighted by atomic mass is 32.2. The molecule has 1 aromatic carbocycles. The second-order valence-corrected chi connectivity index (χ2v) is 5.57. The van der Waals surface area contributed by atoms with E-state index in [-0.39, 0.29) is 5.82 Å². The van der Waals surface area contributed by atoms with Crippen LogP contribution in [0.15, 0.2) is 40.8 Å². The number of aryl methyl sites for hydroxylation is 1. The van der Waals surface area contributed by atoms with Crippen LogP contribution in [0.2, 0.25) is 0 Å². The van der Waals surface area contributed by atoms with Crippen molar-refractivity contribution in [3.05, 3.63) is 35.8 Å². The molecule has 1 atom stereocenters. The third-order valence-corrected chi connectivity index (χ3v) is 4.14. The van der Waals surface area contributed by atoms with Gasteiger partial charge in [-0.15, -0.1) is 5.10 Å². The van der Waals surface area contributed by atoms with Crippen LogP contribution in [-0.2, 0) is 7.05 Å². The average molecular weight is 334 g/mol. The van der Waals surface area contributed by atoms with Gasteiger partial charge in [-0.25, -0.2) is 10.2 Å². The van der Waals surface area contributed by atoms with Crippen LogP contribution in [0.1, 0.15) is 0 Å². The first-order chi connectivity index (χ1) is 11.1. The maximum atomic E-state index is 11.2. The van der Waals surface area contributed by atoms with Crippen LogP contribution in [0, 0.1) is 5.21 Å². The highest BCUT2D eigenvalue weighted by molar-refractivity contribution is 7.99. The molecular weight excluding hydrogens is 320 g/mol. The van der Waals surface area contributed by atoms with Gasteiger partial charge in [0.15, 0.2) is 10.9 Å². The molecule has 0 aliphatic heterocycles. The summed E-state index contributed by atoms with van der Waals surface area (Å²) >= 11 is 1.14. The van der Waals surface area contributed by atoms with Crippen molar-refractivity contribution in [2.24, 2.45) is 7.05 Å². The van der Waals surface area contributed by atoms with Crippen molar-refractivity contribution >= 4 is 17.6 Å². The highest BCUT2D eigenvalue weighted by Crippen LogP contribution is 2.29. The first-order valence-corrected chi connectivity index (χ1v) is 7.39. The van der Waals surface area contributed by atoms with Gasteiger partial charge in [0.2, 0.25) is 5.16 Å². The molecule has 0 aliphatic carbocycles. The Morgan fingerprint density at radius 2 is 2.09 bits per heavy atom. The monoisotopic (exact) mass is 334 g/mol. The molecule has 23 heavy (non-hydrogen) atoms. The zero-order valence-electron chi connectivity index (χ0n) is 12.3. The molecule has 3 aromatic rings. The maximum absolute atomic E-state index is 11.2. The van der Waals surface area contributed by atoms with Gasteiger partial charge < -0.3 is 14.5 Å². The quantitative estimate of drug-likeness (QED) is 0.590. The lowest BCUT2D eigenvalue weighted by Crippen LogP contribution is -2.99. The molecule has 0 saturated heterocycles. The largest absolute Gasteiger partial charge is 0.594 e. The SMILES string of the molecule is COc1ccc(-c2nc(Sc3c([NH+]([O-])O)ncn3C)n[nH]2)cc1. The molecule has 120 valence electrons. The Labute approximate surface area is 135 Å². The van der Waals surface area contributed by atoms with E-state index >= 15 is 0 Å². The van der Waals surface area contributed by atoms with Crippen molar-refractivity contribution in [3.8, 4) is 17.1 Å². The average Bonchev–Trinajstić information content (AvgIpc) is 3.16. The number of nitrogens with zero attached hydrogens (tertiary/aromatic N) is 4. The van der Waals surface area contributed by atoms with Crippen LogP contribution in [0.25, 0.3) is 11.4 Å². The van der Waals surface area contributed by atoms with Gasteiger partial charge in [0.05, 0.1) is 7.11 Å². The Morgan fingerprint density at radius 3 is 2.74 bits per heavy atom. The molecule has 2 aromatic heterocycles. The van der Waals surface area contributed by atoms with Gasteiger partial charge in [-0.3, -0.25) is 5.10 Å². The van der Waals surface area contributed by atoms with E-state index in [9.17, 15) is 5.21 Å². The summed E-state index contributed by atoms with van der Waals surface area (Å²) in [6.45, 7) is 0. The Kier molecular flexibility index (Phi) is 4.30. The van der Waals surface area contributed by atoms with Gasteiger partial charge >= 0.3 is 0 Å². The normalized spacial score (nSPS) is 12.3. The van der Waals surface area contributed by atoms with Gasteiger partial charge in [-0.05, 0) is 36.0 Å². The van der Waals surface area contributed by atoms with Crippen molar-refractivity contribution in [1.82, 2.24) is 24.7 Å². The predicted octanol–water partition coefficient (Wildman–Crippen LogP) is 0.768. The number of aromatic amines is 1. The minimum Gasteiger partial charge on any atom is -0.594 e. The molecule has 0 bridgehead atoms. The molecule has 2 heterocycles. The summed E-state index contributed by atoms with van der Waals surface area (Å²) < 4.78 is 6.74. The van der Waals surface area contributed by atoms with E-state index in [0.29, 0.717) is 16.0 Å². The Bertz CT molecular complexity index is 798. The summed E-state index contributed by atoms with van der Waals surface area (Å²) in [6, 6.07) is 7.38. The second-order valence-electron chi connectivity index (χ2n) is 4.61. The van der Waals surface area contributed by atoms with Crippen LogP contribution in [0.3, 0.4) is 0 Å². The maximum Gasteiger partial charge on any atom is 0.291 e. The van der Waals surface area contributed by atoms with Gasteiger partial charge in [-0.2, -0.15) is 10.2 Å². The fraction of sp³-hybridized carbons (Fsp3) is 0.154. The number of benzene rings is 1. The molecule has 0 radical (unpaired) electrons. The van der Waals surface area contributed by atoms with Crippen molar-refractivity contribution in [3.63, 3.8) is 0 Å². The number of nitrogens with one attached hydrogen (secondary N) is 2. The van der Waals surface area contributed by atoms with Crippen LogP contribution in [0.5, 0.6) is 5.75 Å². The zero-order chi connectivity index (χ0) is 16.4. The molecule has 0 amide bonds. The van der Waals surface area contributed by atoms with Crippen LogP contribution >= 0.6 is 11.8 Å². The third-order valence-electron chi connectivity index (χ3n) is 3.10. The van der Waals surface area contributed by atoms with E-state index in [4.69, 9.17) is 9.94 Å². The van der Waals surface area contributed by atoms with Gasteiger partial charge in [0, 0.05) is 12.6 Å². The molecule has 1 unspecified atom stereocenters. The number of H-pyrrole nitrogens is 1. The lowest BCUT2D eigenvalue weighted by Gasteiger charge is -2.09. The summed E-state index contributed by atoms with van der Waals surface area (Å²) in [7, 11) is 3.32. The van der Waals surface area contributed by atoms with E-state index in [2.05, 4.69) is 20.2 Å². The van der Waals surface area contributed by atoms with Crippen molar-refractivity contribution in [2.45, 2.75) is 10.2 Å². The predicted molar refractivity (Wildman–Crippen MR) is 81.5 cm³/mol. The zero-order valence-corrected chi connectivity index (χ0v) is 13.2. The molecule has 0 spiro atoms. The van der Waals surface area contributed by atoms with Crippen molar-refractivity contribution in [2.75, 3.05) is 7.11 Å². The summed E-state index contributed by atoms with van der Waals surface area (Å²) in [5, 5.41) is 27.1. The van der Waals surface area contributed by atoms with E-state index < -0.39 is 5.23 Å². The molecular formula is C13H14N6O3S. The van der Waals surface area contributed by atoms with E-state index in [1.54, 1.807) is 18.7 Å². The first-order valence-electron chi connectivity index (χ1n) is 6.57. The number of methoxy groups -OCH3 is 1. The molecule has 3 rings (SSSR count). The molecule has 0 aliphatic rings. The Balaban J connectivity index is 1.83. The Hall–Kier alpha value is -2.40. The molecule has 3 N–H and O–H groups in total. The van der Waals surface area contributed by atoms with E-state index in [0.717, 1.165) is 23.1 Å². The fourth-order valence-corrected chi connectivity index (χ4v) is 2.77. The third kappa shape index (κ3) is 3.19. The van der Waals surface area contributed by atoms with Gasteiger partial charge in [0.1, 0.15) is 12.1 Å². The number of aromatic nitrogens is 5. The number of ether oxygens (including phenoxy) is 1. The number of quaternary nitrogens is 1. The Morgan fingerprint density at radius 1 is 1.35 bits per heavy atom. The first kappa shape index (κ1) is 15.5. The van der Waals surface area contributed by atoms with Crippen LogP contribution in [0.4, 0.5) is 5.82 Å². The lowest BCUT2D eigenvalue weighted by atomic mass is 10.2. The lowest BCUT2D eigenvalue weighted by molar-refractivity contribution is -0.994. The van der Waals surface area contributed by atoms with Crippen molar-refractivity contribution in [1.29, 1.82) is 0 Å². The van der Waals surface area contributed by atoms with E-state index in [1.165, 1.54) is 6.33 Å². The second kappa shape index (κ2) is 6.38. The van der Waals surface area contributed by atoms with Crippen LogP contribution in [-0.4, -0.2) is 37.0 Å². The summed E-state index contributed by atoms with van der Waals surface area (Å²) in [5.41, 5.74) is 0.855.